The van der Waals surface area contributed by atoms with E-state index in [0.29, 0.717) is 10.3 Å². The second kappa shape index (κ2) is 2.80. The highest BCUT2D eigenvalue weighted by molar-refractivity contribution is 7.25. The molecule has 0 bridgehead atoms. The topological polar surface area (TPSA) is 77.8 Å². The highest BCUT2D eigenvalue weighted by atomic mass is 32.1. The Morgan fingerprint density at radius 3 is 2.53 bits per heavy atom. The van der Waals surface area contributed by atoms with E-state index in [4.69, 9.17) is 11.5 Å². The first kappa shape index (κ1) is 8.87. The summed E-state index contributed by atoms with van der Waals surface area (Å²) in [5.41, 5.74) is 14.4. The van der Waals surface area contributed by atoms with Crippen molar-refractivity contribution in [1.82, 2.24) is 9.97 Å². The summed E-state index contributed by atoms with van der Waals surface area (Å²) >= 11 is 2.96. The molecule has 76 valence electrons. The molecular formula is C9H8N4S2. The van der Waals surface area contributed by atoms with E-state index in [1.54, 1.807) is 0 Å². The maximum atomic E-state index is 5.71. The van der Waals surface area contributed by atoms with Crippen LogP contribution in [-0.2, 0) is 0 Å². The Kier molecular flexibility index (Phi) is 1.66. The van der Waals surface area contributed by atoms with Crippen LogP contribution in [0.2, 0.25) is 0 Å². The number of nitrogen functional groups attached to an aromatic ring is 2. The zero-order valence-electron chi connectivity index (χ0n) is 7.94. The van der Waals surface area contributed by atoms with Gasteiger partial charge in [0.15, 0.2) is 10.3 Å². The van der Waals surface area contributed by atoms with Gasteiger partial charge in [-0.1, -0.05) is 22.7 Å². The van der Waals surface area contributed by atoms with Crippen molar-refractivity contribution >= 4 is 53.4 Å². The number of anilines is 2. The molecule has 0 aliphatic heterocycles. The zero-order chi connectivity index (χ0) is 10.6. The summed E-state index contributed by atoms with van der Waals surface area (Å²) in [7, 11) is 0. The number of nitrogens with two attached hydrogens (primary N) is 2. The number of hydrogen-bond donors (Lipinski definition) is 2. The molecule has 2 heterocycles. The molecule has 0 amide bonds. The van der Waals surface area contributed by atoms with Crippen LogP contribution in [-0.4, -0.2) is 9.97 Å². The van der Waals surface area contributed by atoms with Crippen LogP contribution in [0.5, 0.6) is 0 Å². The summed E-state index contributed by atoms with van der Waals surface area (Å²) in [6.07, 6.45) is 0. The van der Waals surface area contributed by atoms with Gasteiger partial charge in [-0.15, -0.1) is 0 Å². The van der Waals surface area contributed by atoms with Crippen molar-refractivity contribution in [3.8, 4) is 0 Å². The van der Waals surface area contributed by atoms with E-state index >= 15 is 0 Å². The maximum absolute atomic E-state index is 5.71. The predicted molar refractivity (Wildman–Crippen MR) is 66.4 cm³/mol. The number of benzene rings is 1. The highest BCUT2D eigenvalue weighted by Crippen LogP contribution is 2.36. The van der Waals surface area contributed by atoms with Gasteiger partial charge in [0.1, 0.15) is 5.52 Å². The number of thiazole rings is 2. The van der Waals surface area contributed by atoms with Gasteiger partial charge in [-0.25, -0.2) is 9.97 Å². The molecule has 0 atom stereocenters. The van der Waals surface area contributed by atoms with Crippen molar-refractivity contribution in [2.75, 3.05) is 11.5 Å². The zero-order valence-corrected chi connectivity index (χ0v) is 9.58. The normalized spacial score (nSPS) is 11.5. The van der Waals surface area contributed by atoms with E-state index in [2.05, 4.69) is 16.0 Å². The molecule has 3 rings (SSSR count). The van der Waals surface area contributed by atoms with Gasteiger partial charge in [-0.2, -0.15) is 0 Å². The van der Waals surface area contributed by atoms with E-state index in [9.17, 15) is 0 Å². The van der Waals surface area contributed by atoms with Gasteiger partial charge >= 0.3 is 0 Å². The Balaban J connectivity index is 2.61. The highest BCUT2D eigenvalue weighted by Gasteiger charge is 2.12. The third-order valence-corrected chi connectivity index (χ3v) is 3.97. The molecule has 0 unspecified atom stereocenters. The van der Waals surface area contributed by atoms with Crippen molar-refractivity contribution in [2.45, 2.75) is 6.92 Å². The van der Waals surface area contributed by atoms with Crippen molar-refractivity contribution in [3.05, 3.63) is 11.6 Å². The molecule has 1 aromatic carbocycles. The molecule has 2 aromatic heterocycles. The van der Waals surface area contributed by atoms with Crippen LogP contribution in [0.3, 0.4) is 0 Å². The van der Waals surface area contributed by atoms with Gasteiger partial charge in [-0.3, -0.25) is 0 Å². The first-order chi connectivity index (χ1) is 7.15. The molecule has 4 N–H and O–H groups in total. The van der Waals surface area contributed by atoms with Crippen LogP contribution in [0.1, 0.15) is 5.56 Å². The van der Waals surface area contributed by atoms with Crippen molar-refractivity contribution in [2.24, 2.45) is 0 Å². The summed E-state index contributed by atoms with van der Waals surface area (Å²) in [5, 5.41) is 1.16. The number of aromatic nitrogens is 2. The van der Waals surface area contributed by atoms with E-state index in [0.717, 1.165) is 26.0 Å². The lowest BCUT2D eigenvalue weighted by atomic mass is 10.2. The van der Waals surface area contributed by atoms with Crippen LogP contribution in [0, 0.1) is 6.92 Å². The predicted octanol–water partition coefficient (Wildman–Crippen LogP) is 2.38. The third kappa shape index (κ3) is 1.18. The molecule has 15 heavy (non-hydrogen) atoms. The summed E-state index contributed by atoms with van der Waals surface area (Å²) < 4.78 is 2.14. The number of hydrogen-bond acceptors (Lipinski definition) is 6. The lowest BCUT2D eigenvalue weighted by Crippen LogP contribution is -1.81. The van der Waals surface area contributed by atoms with E-state index < -0.39 is 0 Å². The Labute approximate surface area is 93.6 Å². The van der Waals surface area contributed by atoms with Crippen molar-refractivity contribution in [1.29, 1.82) is 0 Å². The molecule has 3 aromatic rings. The second-order valence-corrected chi connectivity index (χ2v) is 5.42. The molecule has 0 saturated heterocycles. The largest absolute Gasteiger partial charge is 0.375 e. The van der Waals surface area contributed by atoms with Crippen molar-refractivity contribution in [3.63, 3.8) is 0 Å². The van der Waals surface area contributed by atoms with E-state index in [1.165, 1.54) is 22.7 Å². The SMILES string of the molecule is Cc1cc2sc(N)nc2c2sc(N)nc12. The Hall–Kier alpha value is -1.40. The van der Waals surface area contributed by atoms with Gasteiger partial charge in [0.05, 0.1) is 14.9 Å². The fourth-order valence-corrected chi connectivity index (χ4v) is 3.45. The standard InChI is InChI=1S/C9H8N4S2/c1-3-2-4-6(13-8(10)14-4)7-5(3)12-9(11)15-7/h2H,1H3,(H2,10,13)(H2,11,12). The maximum Gasteiger partial charge on any atom is 0.181 e. The van der Waals surface area contributed by atoms with Crippen LogP contribution in [0.4, 0.5) is 10.3 Å². The lowest BCUT2D eigenvalue weighted by Gasteiger charge is -1.94. The van der Waals surface area contributed by atoms with Crippen LogP contribution in [0.15, 0.2) is 6.07 Å². The fraction of sp³-hybridized carbons (Fsp3) is 0.111. The Morgan fingerprint density at radius 2 is 1.73 bits per heavy atom. The second-order valence-electron chi connectivity index (χ2n) is 3.32. The molecule has 6 heteroatoms. The molecule has 4 nitrogen and oxygen atoms in total. The minimum absolute atomic E-state index is 0.576. The van der Waals surface area contributed by atoms with Gasteiger partial charge in [-0.05, 0) is 18.6 Å². The number of rotatable bonds is 0. The number of nitrogens with zero attached hydrogens (tertiary/aromatic N) is 2. The monoisotopic (exact) mass is 236 g/mol. The van der Waals surface area contributed by atoms with Crippen LogP contribution < -0.4 is 11.5 Å². The van der Waals surface area contributed by atoms with E-state index in [-0.39, 0.29) is 0 Å². The average Bonchev–Trinajstić information content (AvgIpc) is 2.68. The van der Waals surface area contributed by atoms with Crippen molar-refractivity contribution < 1.29 is 0 Å². The number of fused-ring (bicyclic) bond motifs is 3. The molecular weight excluding hydrogens is 228 g/mol. The molecule has 0 saturated carbocycles. The smallest absolute Gasteiger partial charge is 0.181 e. The van der Waals surface area contributed by atoms with Gasteiger partial charge in [0.2, 0.25) is 0 Å². The van der Waals surface area contributed by atoms with E-state index in [1.807, 2.05) is 6.92 Å². The number of aryl methyl sites for hydroxylation is 1. The lowest BCUT2D eigenvalue weighted by molar-refractivity contribution is 1.43. The Bertz CT molecular complexity index is 667. The summed E-state index contributed by atoms with van der Waals surface area (Å²) in [6, 6.07) is 2.06. The first-order valence-electron chi connectivity index (χ1n) is 4.37. The summed E-state index contributed by atoms with van der Waals surface area (Å²) in [5.74, 6) is 0. The Morgan fingerprint density at radius 1 is 1.07 bits per heavy atom. The molecule has 0 radical (unpaired) electrons. The molecule has 0 aliphatic carbocycles. The minimum atomic E-state index is 0.576. The van der Waals surface area contributed by atoms with Crippen LogP contribution >= 0.6 is 22.7 Å². The fourth-order valence-electron chi connectivity index (χ4n) is 1.64. The summed E-state index contributed by atoms with van der Waals surface area (Å²) in [4.78, 5) is 8.60. The average molecular weight is 236 g/mol. The molecule has 0 aliphatic rings. The van der Waals surface area contributed by atoms with Gasteiger partial charge in [0.25, 0.3) is 0 Å². The van der Waals surface area contributed by atoms with Gasteiger partial charge < -0.3 is 11.5 Å². The first-order valence-corrected chi connectivity index (χ1v) is 6.00. The summed E-state index contributed by atoms with van der Waals surface area (Å²) in [6.45, 7) is 2.02. The van der Waals surface area contributed by atoms with Gasteiger partial charge in [0, 0.05) is 0 Å². The van der Waals surface area contributed by atoms with Crippen LogP contribution in [0.25, 0.3) is 20.4 Å². The minimum Gasteiger partial charge on any atom is -0.375 e. The molecule has 0 spiro atoms. The third-order valence-electron chi connectivity index (χ3n) is 2.25. The molecule has 0 fully saturated rings. The quantitative estimate of drug-likeness (QED) is 0.628.